The molecule has 4 rings (SSSR count). The van der Waals surface area contributed by atoms with Crippen LogP contribution in [0.3, 0.4) is 0 Å². The molecule has 0 fully saturated rings. The molecule has 8 heteroatoms. The molecule has 4 aromatic rings. The SMILES string of the molecule is CCCCN(C)c1ncc(-c2ccc(Cc3c[nH]c4ncc(F)cc34)c(C)n2)c(OC)n1. The highest BCUT2D eigenvalue weighted by Crippen LogP contribution is 2.29. The van der Waals surface area contributed by atoms with Crippen molar-refractivity contribution in [3.05, 3.63) is 59.4 Å². The van der Waals surface area contributed by atoms with Gasteiger partial charge in [-0.3, -0.25) is 4.98 Å². The number of ether oxygens (including phenoxy) is 1. The number of nitrogens with one attached hydrogen (secondary N) is 1. The maximum absolute atomic E-state index is 13.6. The fourth-order valence-corrected chi connectivity index (χ4v) is 3.68. The number of pyridine rings is 2. The Kier molecular flexibility index (Phi) is 6.30. The van der Waals surface area contributed by atoms with Crippen LogP contribution in [0.2, 0.25) is 0 Å². The summed E-state index contributed by atoms with van der Waals surface area (Å²) in [6.07, 6.45) is 7.66. The number of aromatic amines is 1. The Hall–Kier alpha value is -3.55. The summed E-state index contributed by atoms with van der Waals surface area (Å²) < 4.78 is 19.2. The van der Waals surface area contributed by atoms with Crippen molar-refractivity contribution in [2.24, 2.45) is 0 Å². The van der Waals surface area contributed by atoms with Crippen molar-refractivity contribution in [2.75, 3.05) is 25.6 Å². The van der Waals surface area contributed by atoms with Gasteiger partial charge in [-0.05, 0) is 36.6 Å². The number of unbranched alkanes of at least 4 members (excludes halogenated alkanes) is 1. The van der Waals surface area contributed by atoms with Gasteiger partial charge in [-0.15, -0.1) is 0 Å². The molecule has 32 heavy (non-hydrogen) atoms. The molecule has 0 saturated heterocycles. The Morgan fingerprint density at radius 2 is 1.97 bits per heavy atom. The second kappa shape index (κ2) is 9.30. The van der Waals surface area contributed by atoms with Crippen molar-refractivity contribution < 1.29 is 9.13 Å². The molecule has 4 heterocycles. The first-order valence-corrected chi connectivity index (χ1v) is 10.7. The molecular formula is C24H27FN6O. The first-order chi connectivity index (χ1) is 15.5. The van der Waals surface area contributed by atoms with Gasteiger partial charge in [0.25, 0.3) is 0 Å². The molecule has 0 bridgehead atoms. The van der Waals surface area contributed by atoms with E-state index in [4.69, 9.17) is 9.72 Å². The molecular weight excluding hydrogens is 407 g/mol. The van der Waals surface area contributed by atoms with Crippen LogP contribution in [-0.2, 0) is 6.42 Å². The zero-order valence-corrected chi connectivity index (χ0v) is 18.8. The summed E-state index contributed by atoms with van der Waals surface area (Å²) in [4.78, 5) is 23.1. The van der Waals surface area contributed by atoms with Crippen molar-refractivity contribution in [2.45, 2.75) is 33.1 Å². The van der Waals surface area contributed by atoms with Crippen LogP contribution in [-0.4, -0.2) is 45.6 Å². The molecule has 4 aromatic heterocycles. The number of rotatable bonds is 8. The maximum atomic E-state index is 13.6. The molecule has 0 unspecified atom stereocenters. The number of H-pyrrole nitrogens is 1. The number of hydrogen-bond donors (Lipinski definition) is 1. The Morgan fingerprint density at radius 3 is 2.72 bits per heavy atom. The van der Waals surface area contributed by atoms with Crippen LogP contribution in [0.1, 0.15) is 36.6 Å². The number of fused-ring (bicyclic) bond motifs is 1. The quantitative estimate of drug-likeness (QED) is 0.433. The lowest BCUT2D eigenvalue weighted by molar-refractivity contribution is 0.398. The molecule has 0 spiro atoms. The van der Waals surface area contributed by atoms with E-state index < -0.39 is 0 Å². The molecule has 0 aliphatic heterocycles. The highest BCUT2D eigenvalue weighted by molar-refractivity contribution is 5.80. The van der Waals surface area contributed by atoms with Gasteiger partial charge in [-0.25, -0.2) is 14.4 Å². The summed E-state index contributed by atoms with van der Waals surface area (Å²) in [6, 6.07) is 5.48. The number of methoxy groups -OCH3 is 1. The zero-order chi connectivity index (χ0) is 22.7. The molecule has 0 atom stereocenters. The minimum Gasteiger partial charge on any atom is -0.480 e. The van der Waals surface area contributed by atoms with Gasteiger partial charge in [-0.2, -0.15) is 4.98 Å². The Bertz CT molecular complexity index is 1240. The molecule has 0 radical (unpaired) electrons. The molecule has 0 aliphatic rings. The van der Waals surface area contributed by atoms with Crippen LogP contribution < -0.4 is 9.64 Å². The smallest absolute Gasteiger partial charge is 0.228 e. The lowest BCUT2D eigenvalue weighted by atomic mass is 10.0. The number of aryl methyl sites for hydroxylation is 1. The monoisotopic (exact) mass is 434 g/mol. The van der Waals surface area contributed by atoms with E-state index in [0.29, 0.717) is 23.9 Å². The topological polar surface area (TPSA) is 79.8 Å². The molecule has 0 saturated carbocycles. The first kappa shape index (κ1) is 21.7. The molecule has 0 aromatic carbocycles. The summed E-state index contributed by atoms with van der Waals surface area (Å²) in [5, 5.41) is 0.784. The van der Waals surface area contributed by atoms with Crippen molar-refractivity contribution in [1.29, 1.82) is 0 Å². The van der Waals surface area contributed by atoms with Crippen molar-refractivity contribution in [3.8, 4) is 17.1 Å². The van der Waals surface area contributed by atoms with Gasteiger partial charge in [0.1, 0.15) is 11.5 Å². The van der Waals surface area contributed by atoms with Crippen LogP contribution in [0.15, 0.2) is 36.8 Å². The number of nitrogens with zero attached hydrogens (tertiary/aromatic N) is 5. The van der Waals surface area contributed by atoms with Gasteiger partial charge in [0.15, 0.2) is 0 Å². The standard InChI is InChI=1S/C24H27FN6O/c1-5-6-9-31(3)24-28-14-20(23(30-24)32-4)21-8-7-16(15(2)29-21)10-17-12-26-22-19(17)11-18(25)13-27-22/h7-8,11-14H,5-6,9-10H2,1-4H3,(H,26,27). The fourth-order valence-electron chi connectivity index (χ4n) is 3.68. The molecule has 166 valence electrons. The highest BCUT2D eigenvalue weighted by atomic mass is 19.1. The molecule has 0 amide bonds. The largest absolute Gasteiger partial charge is 0.480 e. The summed E-state index contributed by atoms with van der Waals surface area (Å²) in [7, 11) is 3.58. The maximum Gasteiger partial charge on any atom is 0.228 e. The third-order valence-electron chi connectivity index (χ3n) is 5.56. The second-order valence-corrected chi connectivity index (χ2v) is 7.85. The van der Waals surface area contributed by atoms with E-state index in [2.05, 4.69) is 26.9 Å². The average molecular weight is 435 g/mol. The summed E-state index contributed by atoms with van der Waals surface area (Å²) in [5.74, 6) is 0.781. The van der Waals surface area contributed by atoms with Gasteiger partial charge in [0.05, 0.1) is 24.6 Å². The average Bonchev–Trinajstić information content (AvgIpc) is 3.20. The number of aromatic nitrogens is 5. The number of hydrogen-bond acceptors (Lipinski definition) is 6. The third kappa shape index (κ3) is 4.39. The van der Waals surface area contributed by atoms with Crippen LogP contribution in [0.25, 0.3) is 22.3 Å². The lowest BCUT2D eigenvalue weighted by Crippen LogP contribution is -2.21. The van der Waals surface area contributed by atoms with Gasteiger partial charge in [-0.1, -0.05) is 19.4 Å². The van der Waals surface area contributed by atoms with Crippen LogP contribution in [0.4, 0.5) is 10.3 Å². The van der Waals surface area contributed by atoms with Gasteiger partial charge in [0, 0.05) is 43.5 Å². The summed E-state index contributed by atoms with van der Waals surface area (Å²) in [5.41, 5.74) is 5.08. The molecule has 0 aliphatic carbocycles. The number of halogens is 1. The minimum atomic E-state index is -0.348. The van der Waals surface area contributed by atoms with Gasteiger partial charge >= 0.3 is 0 Å². The van der Waals surface area contributed by atoms with Gasteiger partial charge < -0.3 is 14.6 Å². The predicted molar refractivity (Wildman–Crippen MR) is 124 cm³/mol. The second-order valence-electron chi connectivity index (χ2n) is 7.85. The Labute approximate surface area is 186 Å². The van der Waals surface area contributed by atoms with E-state index in [-0.39, 0.29) is 5.82 Å². The Morgan fingerprint density at radius 1 is 1.12 bits per heavy atom. The van der Waals surface area contributed by atoms with E-state index in [0.717, 1.165) is 52.9 Å². The van der Waals surface area contributed by atoms with Gasteiger partial charge in [0.2, 0.25) is 11.8 Å². The molecule has 1 N–H and O–H groups in total. The molecule has 7 nitrogen and oxygen atoms in total. The van der Waals surface area contributed by atoms with Crippen molar-refractivity contribution >= 4 is 17.0 Å². The lowest BCUT2D eigenvalue weighted by Gasteiger charge is -2.18. The van der Waals surface area contributed by atoms with E-state index in [1.165, 1.54) is 12.3 Å². The van der Waals surface area contributed by atoms with Crippen molar-refractivity contribution in [3.63, 3.8) is 0 Å². The normalized spacial score (nSPS) is 11.2. The van der Waals surface area contributed by atoms with E-state index in [1.54, 1.807) is 13.3 Å². The minimum absolute atomic E-state index is 0.348. The first-order valence-electron chi connectivity index (χ1n) is 10.7. The zero-order valence-electron chi connectivity index (χ0n) is 18.8. The summed E-state index contributed by atoms with van der Waals surface area (Å²) in [6.45, 7) is 5.01. The highest BCUT2D eigenvalue weighted by Gasteiger charge is 2.15. The third-order valence-corrected chi connectivity index (χ3v) is 5.56. The van der Waals surface area contributed by atoms with Crippen LogP contribution >= 0.6 is 0 Å². The predicted octanol–water partition coefficient (Wildman–Crippen LogP) is 4.70. The van der Waals surface area contributed by atoms with E-state index in [9.17, 15) is 4.39 Å². The van der Waals surface area contributed by atoms with Crippen LogP contribution in [0, 0.1) is 12.7 Å². The van der Waals surface area contributed by atoms with E-state index >= 15 is 0 Å². The summed E-state index contributed by atoms with van der Waals surface area (Å²) >= 11 is 0. The fraction of sp³-hybridized carbons (Fsp3) is 0.333. The number of anilines is 1. The van der Waals surface area contributed by atoms with E-state index in [1.807, 2.05) is 37.2 Å². The van der Waals surface area contributed by atoms with Crippen molar-refractivity contribution in [1.82, 2.24) is 24.9 Å². The Balaban J connectivity index is 1.60. The van der Waals surface area contributed by atoms with Crippen LogP contribution in [0.5, 0.6) is 5.88 Å².